The van der Waals surface area contributed by atoms with Crippen LogP contribution in [0.2, 0.25) is 5.02 Å². The molecular weight excluding hydrogens is 614 g/mol. The normalized spacial score (nSPS) is 22.8. The molecule has 1 aliphatic heterocycles. The van der Waals surface area contributed by atoms with E-state index in [1.165, 1.54) is 38.2 Å². The zero-order valence-electron chi connectivity index (χ0n) is 27.2. The first kappa shape index (κ1) is 33.0. The highest BCUT2D eigenvalue weighted by Gasteiger charge is 2.39. The van der Waals surface area contributed by atoms with Gasteiger partial charge in [-0.15, -0.1) is 0 Å². The van der Waals surface area contributed by atoms with Crippen LogP contribution < -0.4 is 16.0 Å². The zero-order chi connectivity index (χ0) is 32.8. The van der Waals surface area contributed by atoms with Gasteiger partial charge in [-0.2, -0.15) is 10.1 Å². The number of rotatable bonds is 12. The van der Waals surface area contributed by atoms with Gasteiger partial charge in [0.2, 0.25) is 17.8 Å². The fourth-order valence-electron chi connectivity index (χ4n) is 7.63. The lowest BCUT2D eigenvalue weighted by atomic mass is 9.61. The largest absolute Gasteiger partial charge is 0.365 e. The minimum Gasteiger partial charge on any atom is -0.365 e. The summed E-state index contributed by atoms with van der Waals surface area (Å²) in [6, 6.07) is 7.50. The van der Waals surface area contributed by atoms with Gasteiger partial charge >= 0.3 is 0 Å². The van der Waals surface area contributed by atoms with E-state index in [0.717, 1.165) is 68.8 Å². The Bertz CT molecular complexity index is 1550. The van der Waals surface area contributed by atoms with E-state index in [1.54, 1.807) is 12.4 Å². The maximum absolute atomic E-state index is 13.3. The lowest BCUT2D eigenvalue weighted by Crippen LogP contribution is -2.50. The number of anilines is 4. The maximum atomic E-state index is 13.3. The predicted octanol–water partition coefficient (Wildman–Crippen LogP) is 5.80. The average molecular weight is 660 g/mol. The number of piperazine rings is 1. The van der Waals surface area contributed by atoms with Crippen molar-refractivity contribution in [3.05, 3.63) is 66.1 Å². The number of carbonyl (C=O) groups is 2. The van der Waals surface area contributed by atoms with Gasteiger partial charge in [0.15, 0.2) is 5.82 Å². The smallest absolute Gasteiger partial charge is 0.247 e. The molecule has 11 nitrogen and oxygen atoms in total. The van der Waals surface area contributed by atoms with Crippen LogP contribution in [-0.2, 0) is 22.7 Å². The first-order chi connectivity index (χ1) is 22.8. The van der Waals surface area contributed by atoms with Gasteiger partial charge in [0.1, 0.15) is 5.02 Å². The molecular formula is C35H46ClN9O2. The summed E-state index contributed by atoms with van der Waals surface area (Å²) < 4.78 is 1.91. The quantitative estimate of drug-likeness (QED) is 0.209. The van der Waals surface area contributed by atoms with Crippen molar-refractivity contribution in [3.63, 3.8) is 0 Å². The van der Waals surface area contributed by atoms with Crippen molar-refractivity contribution >= 4 is 46.6 Å². The molecule has 2 saturated carbocycles. The third-order valence-corrected chi connectivity index (χ3v) is 10.4. The highest BCUT2D eigenvalue weighted by molar-refractivity contribution is 6.32. The molecule has 3 aliphatic rings. The van der Waals surface area contributed by atoms with Crippen LogP contribution in [0.3, 0.4) is 0 Å². The summed E-state index contributed by atoms with van der Waals surface area (Å²) in [5.41, 5.74) is 2.41. The van der Waals surface area contributed by atoms with E-state index in [9.17, 15) is 9.59 Å². The van der Waals surface area contributed by atoms with Crippen LogP contribution in [-0.4, -0.2) is 74.1 Å². The summed E-state index contributed by atoms with van der Waals surface area (Å²) in [7, 11) is 0. The molecule has 3 heterocycles. The number of nitrogens with zero attached hydrogens (tertiary/aromatic N) is 6. The van der Waals surface area contributed by atoms with E-state index in [-0.39, 0.29) is 5.91 Å². The maximum Gasteiger partial charge on any atom is 0.247 e. The summed E-state index contributed by atoms with van der Waals surface area (Å²) in [6.07, 6.45) is 13.9. The lowest BCUT2D eigenvalue weighted by Gasteiger charge is -2.45. The third kappa shape index (κ3) is 8.70. The summed E-state index contributed by atoms with van der Waals surface area (Å²) >= 11 is 6.37. The minimum atomic E-state index is -0.264. The molecule has 2 unspecified atom stereocenters. The number of nitrogens with one attached hydrogen (secondary N) is 3. The predicted molar refractivity (Wildman–Crippen MR) is 186 cm³/mol. The second-order valence-electron chi connectivity index (χ2n) is 13.4. The Morgan fingerprint density at radius 1 is 1.09 bits per heavy atom. The SMILES string of the molecule is C=CC(=O)Nc1cccc(CNc2nc(Nc3cnn(CCN4CCN(C(=O)CC5C(C)C[C@@H]6CCC[C@H]5C6)CC4)c3)ncc2Cl)c1. The van der Waals surface area contributed by atoms with Crippen LogP contribution in [0.4, 0.5) is 23.1 Å². The van der Waals surface area contributed by atoms with E-state index < -0.39 is 0 Å². The van der Waals surface area contributed by atoms with E-state index in [1.807, 2.05) is 35.1 Å². The molecule has 47 heavy (non-hydrogen) atoms. The van der Waals surface area contributed by atoms with E-state index in [2.05, 4.69) is 54.3 Å². The molecule has 3 N–H and O–H groups in total. The average Bonchev–Trinajstić information content (AvgIpc) is 3.53. The van der Waals surface area contributed by atoms with Gasteiger partial charge in [-0.05, 0) is 60.3 Å². The lowest BCUT2D eigenvalue weighted by molar-refractivity contribution is -0.135. The number of benzene rings is 1. The second kappa shape index (κ2) is 15.3. The van der Waals surface area contributed by atoms with Crippen molar-refractivity contribution in [2.24, 2.45) is 23.7 Å². The van der Waals surface area contributed by atoms with Crippen LogP contribution in [0, 0.1) is 23.7 Å². The highest BCUT2D eigenvalue weighted by Crippen LogP contribution is 2.47. The molecule has 2 amide bonds. The Morgan fingerprint density at radius 2 is 1.94 bits per heavy atom. The topological polar surface area (TPSA) is 120 Å². The Labute approximate surface area is 282 Å². The summed E-state index contributed by atoms with van der Waals surface area (Å²) in [5.74, 6) is 3.90. The fourth-order valence-corrected chi connectivity index (χ4v) is 7.79. The van der Waals surface area contributed by atoms with Crippen LogP contribution in [0.5, 0.6) is 0 Å². The van der Waals surface area contributed by atoms with Gasteiger partial charge in [-0.25, -0.2) is 4.98 Å². The molecule has 1 saturated heterocycles. The molecule has 2 aliphatic carbocycles. The first-order valence-electron chi connectivity index (χ1n) is 16.9. The number of halogens is 1. The molecule has 4 atom stereocenters. The van der Waals surface area contributed by atoms with Crippen molar-refractivity contribution < 1.29 is 9.59 Å². The Morgan fingerprint density at radius 3 is 2.77 bits per heavy atom. The van der Waals surface area contributed by atoms with E-state index in [4.69, 9.17) is 11.6 Å². The Hall–Kier alpha value is -3.96. The first-order valence-corrected chi connectivity index (χ1v) is 17.3. The molecule has 3 aromatic rings. The molecule has 2 aromatic heterocycles. The molecule has 6 rings (SSSR count). The van der Waals surface area contributed by atoms with Crippen LogP contribution >= 0.6 is 11.6 Å². The number of hydrogen-bond donors (Lipinski definition) is 3. The van der Waals surface area contributed by atoms with Gasteiger partial charge < -0.3 is 20.9 Å². The number of amides is 2. The van der Waals surface area contributed by atoms with E-state index >= 15 is 0 Å². The molecule has 250 valence electrons. The van der Waals surface area contributed by atoms with Crippen molar-refractivity contribution in [1.29, 1.82) is 0 Å². The van der Waals surface area contributed by atoms with Crippen molar-refractivity contribution in [2.75, 3.05) is 48.7 Å². The van der Waals surface area contributed by atoms with Gasteiger partial charge in [0, 0.05) is 57.6 Å². The van der Waals surface area contributed by atoms with E-state index in [0.29, 0.717) is 46.8 Å². The summed E-state index contributed by atoms with van der Waals surface area (Å²) in [5, 5.41) is 14.1. The van der Waals surface area contributed by atoms with Crippen molar-refractivity contribution in [1.82, 2.24) is 29.5 Å². The minimum absolute atomic E-state index is 0.264. The van der Waals surface area contributed by atoms with Crippen molar-refractivity contribution in [2.45, 2.75) is 58.5 Å². The van der Waals surface area contributed by atoms with Crippen LogP contribution in [0.25, 0.3) is 0 Å². The van der Waals surface area contributed by atoms with Gasteiger partial charge in [0.25, 0.3) is 0 Å². The number of carbonyl (C=O) groups excluding carboxylic acids is 2. The summed E-state index contributed by atoms with van der Waals surface area (Å²) in [4.78, 5) is 38.3. The molecule has 2 bridgehead atoms. The van der Waals surface area contributed by atoms with Crippen molar-refractivity contribution in [3.8, 4) is 0 Å². The molecule has 3 fully saturated rings. The van der Waals surface area contributed by atoms with Gasteiger partial charge in [0.05, 0.1) is 24.6 Å². The van der Waals surface area contributed by atoms with Crippen LogP contribution in [0.1, 0.15) is 51.0 Å². The highest BCUT2D eigenvalue weighted by atomic mass is 35.5. The number of aromatic nitrogens is 4. The third-order valence-electron chi connectivity index (χ3n) is 10.1. The number of fused-ring (bicyclic) bond motifs is 2. The number of hydrogen-bond acceptors (Lipinski definition) is 8. The second-order valence-corrected chi connectivity index (χ2v) is 13.8. The molecule has 1 aromatic carbocycles. The van der Waals surface area contributed by atoms with Gasteiger partial charge in [-0.3, -0.25) is 19.2 Å². The molecule has 0 radical (unpaired) electrons. The fraction of sp³-hybridized carbons (Fsp3) is 0.514. The molecule has 12 heteroatoms. The monoisotopic (exact) mass is 659 g/mol. The standard InChI is InChI=1S/C35H46ClN9O2/c1-3-32(46)40-28-9-5-7-26(18-28)20-37-34-31(36)22-38-35(42-34)41-29-21-39-45(23-29)15-12-43-10-13-44(14-11-43)33(47)19-30-24(2)16-25-6-4-8-27(30)17-25/h3,5,7,9,18,21-25,27,30H,1,4,6,8,10-17,19-20H2,2H3,(H,40,46)(H2,37,38,41,42)/t24?,25-,27-,30?/m0/s1. The van der Waals surface area contributed by atoms with Gasteiger partial charge in [-0.1, -0.05) is 56.5 Å². The summed E-state index contributed by atoms with van der Waals surface area (Å²) in [6.45, 7) is 11.3. The zero-order valence-corrected chi connectivity index (χ0v) is 28.0. The van der Waals surface area contributed by atoms with Crippen LogP contribution in [0.15, 0.2) is 55.5 Å². The Kier molecular flexibility index (Phi) is 10.7. The molecule has 0 spiro atoms. The Balaban J connectivity index is 0.941.